The molecular weight excluding hydrogens is 249 g/mol. The summed E-state index contributed by atoms with van der Waals surface area (Å²) in [5, 5.41) is 9.15. The van der Waals surface area contributed by atoms with Gasteiger partial charge >= 0.3 is 0 Å². The Kier molecular flexibility index (Phi) is 2.62. The number of hydrogen-bond acceptors (Lipinski definition) is 3. The van der Waals surface area contributed by atoms with E-state index >= 15 is 0 Å². The van der Waals surface area contributed by atoms with Gasteiger partial charge in [0.05, 0.1) is 17.5 Å². The molecule has 2 unspecified atom stereocenters. The van der Waals surface area contributed by atoms with Crippen LogP contribution in [0, 0.1) is 17.7 Å². The van der Waals surface area contributed by atoms with Crippen LogP contribution < -0.4 is 4.90 Å². The summed E-state index contributed by atoms with van der Waals surface area (Å²) in [7, 11) is 0. The fourth-order valence-corrected chi connectivity index (χ4v) is 2.69. The number of aromatic hydroxyl groups is 1. The van der Waals surface area contributed by atoms with Gasteiger partial charge in [0.15, 0.2) is 11.6 Å². The van der Waals surface area contributed by atoms with Crippen molar-refractivity contribution < 1.29 is 19.1 Å². The number of nitrogens with zero attached hydrogens (tertiary/aromatic N) is 1. The lowest BCUT2D eigenvalue weighted by Gasteiger charge is -2.14. The summed E-state index contributed by atoms with van der Waals surface area (Å²) >= 11 is 0. The van der Waals surface area contributed by atoms with E-state index in [0.717, 1.165) is 17.0 Å². The molecule has 1 aromatic carbocycles. The first-order chi connectivity index (χ1) is 9.09. The highest BCUT2D eigenvalue weighted by molar-refractivity contribution is 6.22. The highest BCUT2D eigenvalue weighted by Crippen LogP contribution is 2.38. The number of anilines is 1. The molecule has 2 atom stereocenters. The first-order valence-corrected chi connectivity index (χ1v) is 6.11. The molecule has 0 bridgehead atoms. The molecule has 3 rings (SSSR count). The minimum absolute atomic E-state index is 0.180. The lowest BCUT2D eigenvalue weighted by atomic mass is 9.85. The van der Waals surface area contributed by atoms with Gasteiger partial charge in [-0.05, 0) is 25.0 Å². The van der Waals surface area contributed by atoms with Crippen LogP contribution in [0.25, 0.3) is 0 Å². The van der Waals surface area contributed by atoms with Crippen molar-refractivity contribution >= 4 is 17.5 Å². The predicted octanol–water partition coefficient (Wildman–Crippen LogP) is 1.99. The number of carbonyl (C=O) groups excluding carboxylic acids is 2. The van der Waals surface area contributed by atoms with E-state index in [1.807, 2.05) is 12.2 Å². The SMILES string of the molecule is O=C1C2CC=CCC2C(=O)N1c1ccc(O)c(F)c1. The molecule has 1 saturated heterocycles. The third-order valence-electron chi connectivity index (χ3n) is 3.70. The van der Waals surface area contributed by atoms with Crippen molar-refractivity contribution in [3.05, 3.63) is 36.2 Å². The van der Waals surface area contributed by atoms with E-state index < -0.39 is 11.6 Å². The molecule has 0 aromatic heterocycles. The standard InChI is InChI=1S/C14H12FNO3/c15-11-7-8(5-6-12(11)17)16-13(18)9-3-1-2-4-10(9)14(16)19/h1-2,5-7,9-10,17H,3-4H2. The van der Waals surface area contributed by atoms with Crippen LogP contribution in [0.2, 0.25) is 0 Å². The lowest BCUT2D eigenvalue weighted by Crippen LogP contribution is -2.30. The van der Waals surface area contributed by atoms with Crippen molar-refractivity contribution in [3.8, 4) is 5.75 Å². The first-order valence-electron chi connectivity index (χ1n) is 6.11. The number of halogens is 1. The van der Waals surface area contributed by atoms with E-state index in [9.17, 15) is 14.0 Å². The smallest absolute Gasteiger partial charge is 0.238 e. The molecule has 2 amide bonds. The highest BCUT2D eigenvalue weighted by atomic mass is 19.1. The lowest BCUT2D eigenvalue weighted by molar-refractivity contribution is -0.122. The number of carbonyl (C=O) groups is 2. The summed E-state index contributed by atoms with van der Waals surface area (Å²) in [6, 6.07) is 3.53. The van der Waals surface area contributed by atoms with E-state index in [4.69, 9.17) is 5.11 Å². The van der Waals surface area contributed by atoms with E-state index in [0.29, 0.717) is 12.8 Å². The Hall–Kier alpha value is -2.17. The zero-order valence-corrected chi connectivity index (χ0v) is 10.0. The van der Waals surface area contributed by atoms with Crippen LogP contribution in [0.1, 0.15) is 12.8 Å². The summed E-state index contributed by atoms with van der Waals surface area (Å²) in [6.07, 6.45) is 4.89. The van der Waals surface area contributed by atoms with Crippen molar-refractivity contribution in [2.45, 2.75) is 12.8 Å². The minimum Gasteiger partial charge on any atom is -0.505 e. The molecule has 1 aliphatic carbocycles. The van der Waals surface area contributed by atoms with Crippen molar-refractivity contribution in [1.82, 2.24) is 0 Å². The van der Waals surface area contributed by atoms with E-state index in [-0.39, 0.29) is 29.3 Å². The zero-order valence-electron chi connectivity index (χ0n) is 10.0. The average Bonchev–Trinajstić information content (AvgIpc) is 2.66. The average molecular weight is 261 g/mol. The third kappa shape index (κ3) is 1.73. The molecule has 2 aliphatic rings. The van der Waals surface area contributed by atoms with Crippen LogP contribution in [0.3, 0.4) is 0 Å². The fraction of sp³-hybridized carbons (Fsp3) is 0.286. The summed E-state index contributed by atoms with van der Waals surface area (Å²) in [5.41, 5.74) is 0.180. The van der Waals surface area contributed by atoms with Gasteiger partial charge in [0.1, 0.15) is 0 Å². The van der Waals surface area contributed by atoms with Gasteiger partial charge < -0.3 is 5.11 Å². The maximum atomic E-state index is 13.3. The molecule has 1 fully saturated rings. The molecule has 98 valence electrons. The quantitative estimate of drug-likeness (QED) is 0.621. The van der Waals surface area contributed by atoms with E-state index in [1.54, 1.807) is 0 Å². The van der Waals surface area contributed by atoms with Gasteiger partial charge in [-0.15, -0.1) is 0 Å². The number of allylic oxidation sites excluding steroid dienone is 2. The first kappa shape index (κ1) is 11.9. The number of rotatable bonds is 1. The van der Waals surface area contributed by atoms with Gasteiger partial charge in [0.2, 0.25) is 11.8 Å². The van der Waals surface area contributed by atoms with Crippen LogP contribution in [-0.2, 0) is 9.59 Å². The van der Waals surface area contributed by atoms with E-state index in [1.165, 1.54) is 6.07 Å². The van der Waals surface area contributed by atoms with Gasteiger partial charge in [0.25, 0.3) is 0 Å². The van der Waals surface area contributed by atoms with Gasteiger partial charge in [-0.25, -0.2) is 9.29 Å². The Morgan fingerprint density at radius 3 is 2.21 bits per heavy atom. The number of phenolic OH excluding ortho intramolecular Hbond substituents is 1. The van der Waals surface area contributed by atoms with Gasteiger partial charge in [-0.1, -0.05) is 12.2 Å². The monoisotopic (exact) mass is 261 g/mol. The van der Waals surface area contributed by atoms with Crippen molar-refractivity contribution in [1.29, 1.82) is 0 Å². The second kappa shape index (κ2) is 4.19. The molecule has 19 heavy (non-hydrogen) atoms. The Balaban J connectivity index is 1.99. The molecule has 0 saturated carbocycles. The van der Waals surface area contributed by atoms with Crippen LogP contribution in [0.5, 0.6) is 5.75 Å². The van der Waals surface area contributed by atoms with Crippen LogP contribution >= 0.6 is 0 Å². The Morgan fingerprint density at radius 2 is 1.68 bits per heavy atom. The second-order valence-corrected chi connectivity index (χ2v) is 4.80. The fourth-order valence-electron chi connectivity index (χ4n) is 2.69. The normalized spacial score (nSPS) is 25.8. The topological polar surface area (TPSA) is 57.6 Å². The largest absolute Gasteiger partial charge is 0.505 e. The number of hydrogen-bond donors (Lipinski definition) is 1. The predicted molar refractivity (Wildman–Crippen MR) is 65.9 cm³/mol. The second-order valence-electron chi connectivity index (χ2n) is 4.80. The maximum Gasteiger partial charge on any atom is 0.238 e. The Bertz CT molecular complexity index is 570. The minimum atomic E-state index is -0.842. The van der Waals surface area contributed by atoms with Gasteiger partial charge in [0, 0.05) is 6.07 Å². The molecule has 1 N–H and O–H groups in total. The Labute approximate surface area is 109 Å². The molecule has 1 aromatic rings. The number of benzene rings is 1. The molecule has 5 heteroatoms. The summed E-state index contributed by atoms with van der Waals surface area (Å²) < 4.78 is 13.3. The number of amides is 2. The van der Waals surface area contributed by atoms with Crippen LogP contribution in [-0.4, -0.2) is 16.9 Å². The molecule has 0 spiro atoms. The zero-order chi connectivity index (χ0) is 13.6. The number of fused-ring (bicyclic) bond motifs is 1. The van der Waals surface area contributed by atoms with Crippen molar-refractivity contribution in [2.75, 3.05) is 4.90 Å². The highest BCUT2D eigenvalue weighted by Gasteiger charge is 2.47. The molecular formula is C14H12FNO3. The molecule has 4 nitrogen and oxygen atoms in total. The van der Waals surface area contributed by atoms with Crippen molar-refractivity contribution in [2.24, 2.45) is 11.8 Å². The number of imide groups is 1. The Morgan fingerprint density at radius 1 is 1.11 bits per heavy atom. The number of phenols is 1. The summed E-state index contributed by atoms with van der Waals surface area (Å²) in [5.74, 6) is -2.59. The molecule has 1 heterocycles. The summed E-state index contributed by atoms with van der Waals surface area (Å²) in [6.45, 7) is 0. The maximum absolute atomic E-state index is 13.3. The van der Waals surface area contributed by atoms with Gasteiger partial charge in [-0.2, -0.15) is 0 Å². The van der Waals surface area contributed by atoms with Crippen LogP contribution in [0.15, 0.2) is 30.4 Å². The third-order valence-corrected chi connectivity index (χ3v) is 3.70. The molecule has 1 aliphatic heterocycles. The molecule has 0 radical (unpaired) electrons. The van der Waals surface area contributed by atoms with Crippen molar-refractivity contribution in [3.63, 3.8) is 0 Å². The summed E-state index contributed by atoms with van der Waals surface area (Å²) in [4.78, 5) is 25.5. The van der Waals surface area contributed by atoms with Gasteiger partial charge in [-0.3, -0.25) is 9.59 Å². The van der Waals surface area contributed by atoms with E-state index in [2.05, 4.69) is 0 Å². The van der Waals surface area contributed by atoms with Crippen LogP contribution in [0.4, 0.5) is 10.1 Å².